The van der Waals surface area contributed by atoms with Crippen molar-refractivity contribution in [2.75, 3.05) is 6.61 Å². The Morgan fingerprint density at radius 1 is 1.29 bits per heavy atom. The molecule has 0 aliphatic carbocycles. The maximum absolute atomic E-state index is 12.1. The molecule has 0 heterocycles. The van der Waals surface area contributed by atoms with Crippen LogP contribution in [0.3, 0.4) is 0 Å². The predicted octanol–water partition coefficient (Wildman–Crippen LogP) is 3.42. The Balaban J connectivity index is 2.76. The molecule has 0 bridgehead atoms. The molecule has 2 atom stereocenters. The van der Waals surface area contributed by atoms with E-state index in [0.717, 1.165) is 4.47 Å². The summed E-state index contributed by atoms with van der Waals surface area (Å²) in [6, 6.07) is 6.34. The lowest BCUT2D eigenvalue weighted by molar-refractivity contribution is -0.187. The Hall–Kier alpha value is -0.590. The number of halogens is 4. The van der Waals surface area contributed by atoms with E-state index in [-0.39, 0.29) is 0 Å². The molecular formula is C11H13BrF3NO. The highest BCUT2D eigenvalue weighted by Gasteiger charge is 2.30. The lowest BCUT2D eigenvalue weighted by atomic mass is 10.0. The smallest absolute Gasteiger partial charge is 0.362 e. The Morgan fingerprint density at radius 3 is 2.24 bits per heavy atom. The van der Waals surface area contributed by atoms with Crippen LogP contribution >= 0.6 is 15.9 Å². The van der Waals surface area contributed by atoms with Crippen LogP contribution in [0.15, 0.2) is 28.7 Å². The second-order valence-electron chi connectivity index (χ2n) is 3.76. The normalized spacial score (nSPS) is 15.6. The average molecular weight is 312 g/mol. The summed E-state index contributed by atoms with van der Waals surface area (Å²) in [5.41, 5.74) is 6.26. The first-order chi connectivity index (χ1) is 7.79. The topological polar surface area (TPSA) is 35.2 Å². The van der Waals surface area contributed by atoms with Gasteiger partial charge in [-0.3, -0.25) is 0 Å². The Labute approximate surface area is 106 Å². The summed E-state index contributed by atoms with van der Waals surface area (Å²) in [5.74, 6) is 0. The Bertz CT molecular complexity index is 351. The summed E-state index contributed by atoms with van der Waals surface area (Å²) < 4.78 is 41.9. The molecule has 0 fully saturated rings. The van der Waals surface area contributed by atoms with Crippen molar-refractivity contribution in [1.82, 2.24) is 0 Å². The predicted molar refractivity (Wildman–Crippen MR) is 62.5 cm³/mol. The highest BCUT2D eigenvalue weighted by atomic mass is 79.9. The summed E-state index contributed by atoms with van der Waals surface area (Å²) in [5, 5.41) is 0. The van der Waals surface area contributed by atoms with E-state index in [4.69, 9.17) is 10.5 Å². The van der Waals surface area contributed by atoms with Crippen molar-refractivity contribution in [3.05, 3.63) is 34.3 Å². The lowest BCUT2D eigenvalue weighted by Crippen LogP contribution is -2.30. The summed E-state index contributed by atoms with van der Waals surface area (Å²) in [7, 11) is 0. The van der Waals surface area contributed by atoms with E-state index in [1.54, 1.807) is 31.2 Å². The van der Waals surface area contributed by atoms with Crippen LogP contribution < -0.4 is 5.73 Å². The van der Waals surface area contributed by atoms with Crippen LogP contribution in [0.4, 0.5) is 13.2 Å². The van der Waals surface area contributed by atoms with Crippen LogP contribution in [0, 0.1) is 0 Å². The maximum atomic E-state index is 12.1. The van der Waals surface area contributed by atoms with Crippen molar-refractivity contribution in [2.45, 2.75) is 25.2 Å². The first-order valence-corrected chi connectivity index (χ1v) is 5.78. The Kier molecular flexibility index (Phi) is 4.97. The van der Waals surface area contributed by atoms with Crippen molar-refractivity contribution < 1.29 is 17.9 Å². The fourth-order valence-corrected chi connectivity index (χ4v) is 1.65. The molecule has 0 spiro atoms. The van der Waals surface area contributed by atoms with Crippen molar-refractivity contribution >= 4 is 15.9 Å². The molecule has 2 unspecified atom stereocenters. The average Bonchev–Trinajstić information content (AvgIpc) is 2.18. The zero-order chi connectivity index (χ0) is 13.1. The minimum absolute atomic E-state index is 0.515. The summed E-state index contributed by atoms with van der Waals surface area (Å²) in [4.78, 5) is 0. The zero-order valence-corrected chi connectivity index (χ0v) is 10.8. The van der Waals surface area contributed by atoms with Crippen molar-refractivity contribution in [1.29, 1.82) is 0 Å². The van der Waals surface area contributed by atoms with Crippen LogP contribution in [-0.4, -0.2) is 18.8 Å². The molecule has 0 saturated heterocycles. The molecule has 1 aromatic carbocycles. The number of ether oxygens (including phenoxy) is 1. The van der Waals surface area contributed by atoms with Gasteiger partial charge >= 0.3 is 6.18 Å². The van der Waals surface area contributed by atoms with Gasteiger partial charge in [0.25, 0.3) is 0 Å². The molecule has 0 radical (unpaired) electrons. The van der Waals surface area contributed by atoms with Crippen LogP contribution in [0.1, 0.15) is 18.6 Å². The van der Waals surface area contributed by atoms with Crippen molar-refractivity contribution in [3.8, 4) is 0 Å². The SMILES string of the molecule is CC(N)C(OCC(F)(F)F)c1ccc(Br)cc1. The van der Waals surface area contributed by atoms with Gasteiger partial charge in [0.05, 0.1) is 6.10 Å². The van der Waals surface area contributed by atoms with Crippen LogP contribution in [0.2, 0.25) is 0 Å². The van der Waals surface area contributed by atoms with Gasteiger partial charge in [0.2, 0.25) is 0 Å². The molecule has 0 aliphatic heterocycles. The fraction of sp³-hybridized carbons (Fsp3) is 0.455. The summed E-state index contributed by atoms with van der Waals surface area (Å²) in [6.07, 6.45) is -5.10. The fourth-order valence-electron chi connectivity index (χ4n) is 1.39. The first-order valence-electron chi connectivity index (χ1n) is 4.99. The molecule has 6 heteroatoms. The highest BCUT2D eigenvalue weighted by Crippen LogP contribution is 2.25. The molecule has 1 rings (SSSR count). The van der Waals surface area contributed by atoms with Gasteiger partial charge in [0.15, 0.2) is 0 Å². The lowest BCUT2D eigenvalue weighted by Gasteiger charge is -2.22. The second-order valence-corrected chi connectivity index (χ2v) is 4.67. The number of nitrogens with two attached hydrogens (primary N) is 1. The highest BCUT2D eigenvalue weighted by molar-refractivity contribution is 9.10. The number of hydrogen-bond acceptors (Lipinski definition) is 2. The van der Waals surface area contributed by atoms with Gasteiger partial charge < -0.3 is 10.5 Å². The van der Waals surface area contributed by atoms with E-state index in [1.165, 1.54) is 0 Å². The summed E-state index contributed by atoms with van der Waals surface area (Å²) in [6.45, 7) is 0.318. The van der Waals surface area contributed by atoms with Crippen LogP contribution in [-0.2, 0) is 4.74 Å². The van der Waals surface area contributed by atoms with Gasteiger partial charge in [-0.05, 0) is 24.6 Å². The van der Waals surface area contributed by atoms with Gasteiger partial charge in [-0.15, -0.1) is 0 Å². The van der Waals surface area contributed by atoms with E-state index in [9.17, 15) is 13.2 Å². The van der Waals surface area contributed by atoms with E-state index in [1.807, 2.05) is 0 Å². The minimum Gasteiger partial charge on any atom is -0.362 e. The second kappa shape index (κ2) is 5.84. The van der Waals surface area contributed by atoms with Gasteiger partial charge in [-0.25, -0.2) is 0 Å². The molecule has 0 aromatic heterocycles. The van der Waals surface area contributed by atoms with Crippen molar-refractivity contribution in [3.63, 3.8) is 0 Å². The third-order valence-electron chi connectivity index (χ3n) is 2.10. The number of hydrogen-bond donors (Lipinski definition) is 1. The molecule has 2 nitrogen and oxygen atoms in total. The zero-order valence-electron chi connectivity index (χ0n) is 9.17. The monoisotopic (exact) mass is 311 g/mol. The molecule has 0 aliphatic rings. The molecule has 1 aromatic rings. The van der Waals surface area contributed by atoms with Gasteiger partial charge in [-0.2, -0.15) is 13.2 Å². The molecular weight excluding hydrogens is 299 g/mol. The van der Waals surface area contributed by atoms with Gasteiger partial charge in [0, 0.05) is 10.5 Å². The molecule has 0 amide bonds. The van der Waals surface area contributed by atoms with E-state index in [2.05, 4.69) is 15.9 Å². The van der Waals surface area contributed by atoms with E-state index >= 15 is 0 Å². The first kappa shape index (κ1) is 14.5. The molecule has 2 N–H and O–H groups in total. The maximum Gasteiger partial charge on any atom is 0.411 e. The molecule has 96 valence electrons. The largest absolute Gasteiger partial charge is 0.411 e. The minimum atomic E-state index is -4.34. The standard InChI is InChI=1S/C11H13BrF3NO/c1-7(16)10(17-6-11(13,14)15)8-2-4-9(12)5-3-8/h2-5,7,10H,6,16H2,1H3. The number of benzene rings is 1. The number of alkyl halides is 3. The molecule has 0 saturated carbocycles. The molecule has 17 heavy (non-hydrogen) atoms. The number of rotatable bonds is 4. The quantitative estimate of drug-likeness (QED) is 0.924. The van der Waals surface area contributed by atoms with E-state index < -0.39 is 24.9 Å². The third kappa shape index (κ3) is 5.06. The summed E-state index contributed by atoms with van der Waals surface area (Å²) >= 11 is 3.25. The Morgan fingerprint density at radius 2 is 1.82 bits per heavy atom. The van der Waals surface area contributed by atoms with Crippen LogP contribution in [0.25, 0.3) is 0 Å². The van der Waals surface area contributed by atoms with E-state index in [0.29, 0.717) is 5.56 Å². The van der Waals surface area contributed by atoms with Crippen molar-refractivity contribution in [2.24, 2.45) is 5.73 Å². The van der Waals surface area contributed by atoms with Gasteiger partial charge in [0.1, 0.15) is 6.61 Å². The van der Waals surface area contributed by atoms with Gasteiger partial charge in [-0.1, -0.05) is 28.1 Å². The third-order valence-corrected chi connectivity index (χ3v) is 2.63. The van der Waals surface area contributed by atoms with Crippen LogP contribution in [0.5, 0.6) is 0 Å².